The van der Waals surface area contributed by atoms with E-state index in [9.17, 15) is 9.59 Å². The fraction of sp³-hybridized carbons (Fsp3) is 0.444. The summed E-state index contributed by atoms with van der Waals surface area (Å²) < 4.78 is 14.8. The highest BCUT2D eigenvalue weighted by atomic mass is 16.5. The Hall–Kier alpha value is -2.34. The number of carbonyl (C=O) groups excluding carboxylic acids is 2. The Bertz CT molecular complexity index is 556. The Balaban J connectivity index is 2.69. The van der Waals surface area contributed by atoms with E-state index < -0.39 is 0 Å². The summed E-state index contributed by atoms with van der Waals surface area (Å²) in [6.07, 6.45) is 4.10. The van der Waals surface area contributed by atoms with Crippen LogP contribution in [0.4, 0.5) is 0 Å². The lowest BCUT2D eigenvalue weighted by molar-refractivity contribution is -0.141. The van der Waals surface area contributed by atoms with Gasteiger partial charge in [-0.25, -0.2) is 0 Å². The van der Waals surface area contributed by atoms with Crippen molar-refractivity contribution in [1.82, 2.24) is 4.90 Å². The van der Waals surface area contributed by atoms with Crippen LogP contribution in [-0.2, 0) is 19.1 Å². The summed E-state index contributed by atoms with van der Waals surface area (Å²) in [6.45, 7) is 1.39. The number of methoxy groups -OCH3 is 3. The van der Waals surface area contributed by atoms with Gasteiger partial charge in [-0.2, -0.15) is 0 Å². The Morgan fingerprint density at radius 2 is 1.96 bits per heavy atom. The van der Waals surface area contributed by atoms with Gasteiger partial charge in [-0.3, -0.25) is 9.59 Å². The molecule has 0 unspecified atom stereocenters. The van der Waals surface area contributed by atoms with Crippen molar-refractivity contribution >= 4 is 18.0 Å². The van der Waals surface area contributed by atoms with E-state index in [0.717, 1.165) is 11.3 Å². The van der Waals surface area contributed by atoms with Gasteiger partial charge >= 0.3 is 5.97 Å². The number of amides is 1. The molecular formula is C18H25NO5. The Morgan fingerprint density at radius 3 is 2.62 bits per heavy atom. The van der Waals surface area contributed by atoms with Gasteiger partial charge in [0.25, 0.3) is 0 Å². The van der Waals surface area contributed by atoms with Crippen molar-refractivity contribution in [3.63, 3.8) is 0 Å². The summed E-state index contributed by atoms with van der Waals surface area (Å²) in [7, 11) is 4.55. The molecule has 0 N–H and O–H groups in total. The highest BCUT2D eigenvalue weighted by Crippen LogP contribution is 2.13. The van der Waals surface area contributed by atoms with Gasteiger partial charge in [0.05, 0.1) is 20.6 Å². The van der Waals surface area contributed by atoms with Crippen molar-refractivity contribution in [1.29, 1.82) is 0 Å². The third-order valence-corrected chi connectivity index (χ3v) is 3.41. The number of esters is 1. The zero-order chi connectivity index (χ0) is 17.8. The van der Waals surface area contributed by atoms with Gasteiger partial charge < -0.3 is 19.1 Å². The van der Waals surface area contributed by atoms with Gasteiger partial charge in [-0.05, 0) is 30.2 Å². The first-order chi connectivity index (χ1) is 11.6. The standard InChI is InChI=1S/C18H25NO5/c1-22-13-5-11-19(12-10-18(21)24-3)17(20)9-8-15-6-4-7-16(14-15)23-2/h4,6-9,14H,5,10-13H2,1-3H3/b9-8+. The number of ether oxygens (including phenoxy) is 3. The maximum atomic E-state index is 12.4. The zero-order valence-corrected chi connectivity index (χ0v) is 14.5. The first-order valence-corrected chi connectivity index (χ1v) is 7.77. The molecule has 1 aromatic rings. The van der Waals surface area contributed by atoms with E-state index in [1.807, 2.05) is 24.3 Å². The molecule has 0 bridgehead atoms. The highest BCUT2D eigenvalue weighted by molar-refractivity contribution is 5.92. The first-order valence-electron chi connectivity index (χ1n) is 7.77. The summed E-state index contributed by atoms with van der Waals surface area (Å²) in [6, 6.07) is 7.42. The van der Waals surface area contributed by atoms with Crippen LogP contribution in [0.25, 0.3) is 6.08 Å². The van der Waals surface area contributed by atoms with Crippen LogP contribution in [0.15, 0.2) is 30.3 Å². The van der Waals surface area contributed by atoms with Crippen molar-refractivity contribution in [3.05, 3.63) is 35.9 Å². The van der Waals surface area contributed by atoms with E-state index in [0.29, 0.717) is 26.1 Å². The van der Waals surface area contributed by atoms with Gasteiger partial charge in [0.1, 0.15) is 5.75 Å². The van der Waals surface area contributed by atoms with Crippen LogP contribution in [0.5, 0.6) is 5.75 Å². The number of hydrogen-bond donors (Lipinski definition) is 0. The van der Waals surface area contributed by atoms with E-state index in [4.69, 9.17) is 9.47 Å². The summed E-state index contributed by atoms with van der Waals surface area (Å²) in [5.74, 6) is 0.237. The Morgan fingerprint density at radius 1 is 1.17 bits per heavy atom. The molecular weight excluding hydrogens is 310 g/mol. The average Bonchev–Trinajstić information content (AvgIpc) is 2.62. The predicted octanol–water partition coefficient (Wildman–Crippen LogP) is 2.14. The SMILES string of the molecule is COCCCN(CCC(=O)OC)C(=O)/C=C/c1cccc(OC)c1. The molecule has 0 radical (unpaired) electrons. The van der Waals surface area contributed by atoms with Crippen LogP contribution in [0.3, 0.4) is 0 Å². The van der Waals surface area contributed by atoms with Crippen LogP contribution in [0.1, 0.15) is 18.4 Å². The molecule has 6 heteroatoms. The lowest BCUT2D eigenvalue weighted by Crippen LogP contribution is -2.33. The van der Waals surface area contributed by atoms with Gasteiger partial charge in [-0.1, -0.05) is 12.1 Å². The smallest absolute Gasteiger partial charge is 0.307 e. The maximum Gasteiger partial charge on any atom is 0.307 e. The normalized spacial score (nSPS) is 10.6. The molecule has 0 aliphatic rings. The molecule has 0 heterocycles. The van der Waals surface area contributed by atoms with Crippen molar-refractivity contribution in [2.24, 2.45) is 0 Å². The minimum absolute atomic E-state index is 0.155. The minimum atomic E-state index is -0.337. The summed E-state index contributed by atoms with van der Waals surface area (Å²) in [4.78, 5) is 25.3. The lowest BCUT2D eigenvalue weighted by Gasteiger charge is -2.20. The molecule has 0 aliphatic carbocycles. The summed E-state index contributed by atoms with van der Waals surface area (Å²) in [5.41, 5.74) is 0.868. The minimum Gasteiger partial charge on any atom is -0.497 e. The number of rotatable bonds is 10. The van der Waals surface area contributed by atoms with Gasteiger partial charge in [-0.15, -0.1) is 0 Å². The third kappa shape index (κ3) is 7.28. The number of nitrogens with zero attached hydrogens (tertiary/aromatic N) is 1. The third-order valence-electron chi connectivity index (χ3n) is 3.41. The number of benzene rings is 1. The lowest BCUT2D eigenvalue weighted by atomic mass is 10.2. The Kier molecular flexibility index (Phi) is 9.23. The largest absolute Gasteiger partial charge is 0.497 e. The van der Waals surface area contributed by atoms with E-state index in [1.54, 1.807) is 25.2 Å². The topological polar surface area (TPSA) is 65.1 Å². The van der Waals surface area contributed by atoms with Crippen LogP contribution in [-0.4, -0.2) is 57.8 Å². The zero-order valence-electron chi connectivity index (χ0n) is 14.5. The number of hydrogen-bond acceptors (Lipinski definition) is 5. The molecule has 0 spiro atoms. The molecule has 1 aromatic carbocycles. The van der Waals surface area contributed by atoms with Gasteiger partial charge in [0.15, 0.2) is 0 Å². The van der Waals surface area contributed by atoms with E-state index in [2.05, 4.69) is 4.74 Å². The maximum absolute atomic E-state index is 12.4. The Labute approximate surface area is 143 Å². The van der Waals surface area contributed by atoms with E-state index in [1.165, 1.54) is 13.2 Å². The van der Waals surface area contributed by atoms with Crippen molar-refractivity contribution in [2.75, 3.05) is 41.0 Å². The molecule has 132 valence electrons. The molecule has 24 heavy (non-hydrogen) atoms. The molecule has 0 fully saturated rings. The predicted molar refractivity (Wildman–Crippen MR) is 91.7 cm³/mol. The molecule has 1 amide bonds. The molecule has 0 aromatic heterocycles. The first kappa shape index (κ1) is 19.7. The second kappa shape index (κ2) is 11.2. The summed E-state index contributed by atoms with van der Waals surface area (Å²) in [5, 5.41) is 0. The van der Waals surface area contributed by atoms with Crippen LogP contribution in [0.2, 0.25) is 0 Å². The average molecular weight is 335 g/mol. The second-order valence-electron chi connectivity index (χ2n) is 5.11. The molecule has 0 saturated carbocycles. The molecule has 0 atom stereocenters. The quantitative estimate of drug-likeness (QED) is 0.372. The fourth-order valence-corrected chi connectivity index (χ4v) is 2.08. The van der Waals surface area contributed by atoms with Gasteiger partial charge in [0, 0.05) is 32.9 Å². The fourth-order valence-electron chi connectivity index (χ4n) is 2.08. The molecule has 6 nitrogen and oxygen atoms in total. The second-order valence-corrected chi connectivity index (χ2v) is 5.11. The van der Waals surface area contributed by atoms with Crippen LogP contribution in [0, 0.1) is 0 Å². The monoisotopic (exact) mass is 335 g/mol. The molecule has 0 aliphatic heterocycles. The van der Waals surface area contributed by atoms with Crippen molar-refractivity contribution in [3.8, 4) is 5.75 Å². The highest BCUT2D eigenvalue weighted by Gasteiger charge is 2.12. The molecule has 0 saturated heterocycles. The van der Waals surface area contributed by atoms with Crippen molar-refractivity contribution in [2.45, 2.75) is 12.8 Å². The van der Waals surface area contributed by atoms with E-state index >= 15 is 0 Å². The van der Waals surface area contributed by atoms with Crippen molar-refractivity contribution < 1.29 is 23.8 Å². The van der Waals surface area contributed by atoms with Crippen LogP contribution < -0.4 is 4.74 Å². The number of carbonyl (C=O) groups is 2. The van der Waals surface area contributed by atoms with E-state index in [-0.39, 0.29) is 18.3 Å². The van der Waals surface area contributed by atoms with Gasteiger partial charge in [0.2, 0.25) is 5.91 Å². The van der Waals surface area contributed by atoms with Crippen LogP contribution >= 0.6 is 0 Å². The summed E-state index contributed by atoms with van der Waals surface area (Å²) >= 11 is 0. The molecule has 1 rings (SSSR count).